The van der Waals surface area contributed by atoms with Crippen molar-refractivity contribution in [1.29, 1.82) is 0 Å². The minimum Gasteiger partial charge on any atom is -0.497 e. The standard InChI is InChI=1S/C15H23NO/c1-11(10-16-14-5-6-14)8-13-4-7-15(17-3)9-12(13)2/h4,7,9,11,14,16H,5-6,8,10H2,1-3H3. The van der Waals surface area contributed by atoms with Gasteiger partial charge in [-0.2, -0.15) is 0 Å². The van der Waals surface area contributed by atoms with Gasteiger partial charge in [-0.3, -0.25) is 0 Å². The molecule has 1 atom stereocenters. The molecule has 0 amide bonds. The predicted molar refractivity (Wildman–Crippen MR) is 71.6 cm³/mol. The molecule has 1 aliphatic rings. The van der Waals surface area contributed by atoms with Crippen LogP contribution in [0.3, 0.4) is 0 Å². The number of benzene rings is 1. The van der Waals surface area contributed by atoms with Crippen LogP contribution in [0.4, 0.5) is 0 Å². The fourth-order valence-electron chi connectivity index (χ4n) is 2.13. The maximum absolute atomic E-state index is 5.23. The maximum Gasteiger partial charge on any atom is 0.119 e. The Morgan fingerprint density at radius 2 is 2.18 bits per heavy atom. The van der Waals surface area contributed by atoms with Crippen LogP contribution in [0.15, 0.2) is 18.2 Å². The van der Waals surface area contributed by atoms with Crippen molar-refractivity contribution in [1.82, 2.24) is 5.32 Å². The van der Waals surface area contributed by atoms with Crippen LogP contribution in [0, 0.1) is 12.8 Å². The summed E-state index contributed by atoms with van der Waals surface area (Å²) in [4.78, 5) is 0. The van der Waals surface area contributed by atoms with Crippen molar-refractivity contribution in [3.8, 4) is 5.75 Å². The molecule has 17 heavy (non-hydrogen) atoms. The number of aryl methyl sites for hydroxylation is 1. The van der Waals surface area contributed by atoms with E-state index in [9.17, 15) is 0 Å². The molecule has 0 bridgehead atoms. The van der Waals surface area contributed by atoms with Gasteiger partial charge in [-0.15, -0.1) is 0 Å². The van der Waals surface area contributed by atoms with Crippen LogP contribution in [0.1, 0.15) is 30.9 Å². The molecular formula is C15H23NO. The highest BCUT2D eigenvalue weighted by Gasteiger charge is 2.20. The Hall–Kier alpha value is -1.02. The van der Waals surface area contributed by atoms with E-state index in [0.717, 1.165) is 24.8 Å². The van der Waals surface area contributed by atoms with Gasteiger partial charge < -0.3 is 10.1 Å². The zero-order chi connectivity index (χ0) is 12.3. The fraction of sp³-hybridized carbons (Fsp3) is 0.600. The molecule has 1 fully saturated rings. The van der Waals surface area contributed by atoms with E-state index >= 15 is 0 Å². The Kier molecular flexibility index (Phi) is 4.06. The molecule has 1 unspecified atom stereocenters. The average molecular weight is 233 g/mol. The van der Waals surface area contributed by atoms with Gasteiger partial charge in [0, 0.05) is 6.04 Å². The van der Waals surface area contributed by atoms with Crippen molar-refractivity contribution in [3.63, 3.8) is 0 Å². The van der Waals surface area contributed by atoms with E-state index < -0.39 is 0 Å². The smallest absolute Gasteiger partial charge is 0.119 e. The fourth-order valence-corrected chi connectivity index (χ4v) is 2.13. The molecule has 2 heteroatoms. The maximum atomic E-state index is 5.23. The summed E-state index contributed by atoms with van der Waals surface area (Å²) >= 11 is 0. The summed E-state index contributed by atoms with van der Waals surface area (Å²) in [5, 5.41) is 3.59. The van der Waals surface area contributed by atoms with Crippen LogP contribution < -0.4 is 10.1 Å². The van der Waals surface area contributed by atoms with Gasteiger partial charge in [-0.05, 0) is 61.9 Å². The van der Waals surface area contributed by atoms with Gasteiger partial charge in [0.25, 0.3) is 0 Å². The van der Waals surface area contributed by atoms with E-state index in [1.165, 1.54) is 24.0 Å². The highest BCUT2D eigenvalue weighted by molar-refractivity contribution is 5.34. The van der Waals surface area contributed by atoms with Crippen LogP contribution >= 0.6 is 0 Å². The molecule has 1 aromatic carbocycles. The van der Waals surface area contributed by atoms with Crippen molar-refractivity contribution in [2.24, 2.45) is 5.92 Å². The van der Waals surface area contributed by atoms with Crippen molar-refractivity contribution >= 4 is 0 Å². The number of hydrogen-bond donors (Lipinski definition) is 1. The topological polar surface area (TPSA) is 21.3 Å². The Morgan fingerprint density at radius 1 is 1.41 bits per heavy atom. The number of nitrogens with one attached hydrogen (secondary N) is 1. The number of rotatable bonds is 6. The number of methoxy groups -OCH3 is 1. The molecule has 1 aliphatic carbocycles. The third-order valence-electron chi connectivity index (χ3n) is 3.45. The number of ether oxygens (including phenoxy) is 1. The zero-order valence-corrected chi connectivity index (χ0v) is 11.1. The Bertz CT molecular complexity index is 371. The van der Waals surface area contributed by atoms with Gasteiger partial charge in [0.2, 0.25) is 0 Å². The lowest BCUT2D eigenvalue weighted by molar-refractivity contribution is 0.414. The normalized spacial score (nSPS) is 16.9. The summed E-state index contributed by atoms with van der Waals surface area (Å²) in [6, 6.07) is 7.19. The minimum atomic E-state index is 0.697. The van der Waals surface area contributed by atoms with Gasteiger partial charge in [0.1, 0.15) is 5.75 Å². The first kappa shape index (κ1) is 12.4. The summed E-state index contributed by atoms with van der Waals surface area (Å²) in [6.45, 7) is 5.62. The molecule has 0 radical (unpaired) electrons. The van der Waals surface area contributed by atoms with E-state index in [-0.39, 0.29) is 0 Å². The van der Waals surface area contributed by atoms with E-state index in [1.807, 2.05) is 0 Å². The van der Waals surface area contributed by atoms with Crippen molar-refractivity contribution < 1.29 is 4.74 Å². The van der Waals surface area contributed by atoms with Gasteiger partial charge >= 0.3 is 0 Å². The zero-order valence-electron chi connectivity index (χ0n) is 11.1. The largest absolute Gasteiger partial charge is 0.497 e. The molecule has 2 rings (SSSR count). The summed E-state index contributed by atoms with van der Waals surface area (Å²) in [7, 11) is 1.72. The van der Waals surface area contributed by atoms with Gasteiger partial charge in [-0.1, -0.05) is 13.0 Å². The lowest BCUT2D eigenvalue weighted by Gasteiger charge is -2.14. The third-order valence-corrected chi connectivity index (χ3v) is 3.45. The second kappa shape index (κ2) is 5.54. The molecule has 1 aromatic rings. The highest BCUT2D eigenvalue weighted by atomic mass is 16.5. The van der Waals surface area contributed by atoms with Crippen LogP contribution in [0.25, 0.3) is 0 Å². The third kappa shape index (κ3) is 3.74. The van der Waals surface area contributed by atoms with Crippen molar-refractivity contribution in [3.05, 3.63) is 29.3 Å². The Labute approximate surface area is 104 Å². The second-order valence-corrected chi connectivity index (χ2v) is 5.28. The van der Waals surface area contributed by atoms with E-state index in [0.29, 0.717) is 5.92 Å². The molecule has 0 aromatic heterocycles. The van der Waals surface area contributed by atoms with Gasteiger partial charge in [0.05, 0.1) is 7.11 Å². The molecule has 1 saturated carbocycles. The second-order valence-electron chi connectivity index (χ2n) is 5.28. The molecular weight excluding hydrogens is 210 g/mol. The van der Waals surface area contributed by atoms with Crippen molar-refractivity contribution in [2.45, 2.75) is 39.2 Å². The molecule has 0 heterocycles. The highest BCUT2D eigenvalue weighted by Crippen LogP contribution is 2.21. The van der Waals surface area contributed by atoms with Crippen LogP contribution in [-0.2, 0) is 6.42 Å². The van der Waals surface area contributed by atoms with Crippen LogP contribution in [0.5, 0.6) is 5.75 Å². The summed E-state index contributed by atoms with van der Waals surface area (Å²) in [6.07, 6.45) is 3.89. The van der Waals surface area contributed by atoms with Crippen LogP contribution in [-0.4, -0.2) is 19.7 Å². The Balaban J connectivity index is 1.87. The quantitative estimate of drug-likeness (QED) is 0.815. The molecule has 1 N–H and O–H groups in total. The first-order valence-corrected chi connectivity index (χ1v) is 6.56. The molecule has 0 aliphatic heterocycles. The monoisotopic (exact) mass is 233 g/mol. The predicted octanol–water partition coefficient (Wildman–Crippen LogP) is 2.93. The first-order chi connectivity index (χ1) is 8.19. The summed E-state index contributed by atoms with van der Waals surface area (Å²) < 4.78 is 5.23. The lowest BCUT2D eigenvalue weighted by Crippen LogP contribution is -2.24. The SMILES string of the molecule is COc1ccc(CC(C)CNC2CC2)c(C)c1. The van der Waals surface area contributed by atoms with E-state index in [4.69, 9.17) is 4.74 Å². The minimum absolute atomic E-state index is 0.697. The van der Waals surface area contributed by atoms with Gasteiger partial charge in [-0.25, -0.2) is 0 Å². The Morgan fingerprint density at radius 3 is 2.76 bits per heavy atom. The molecule has 2 nitrogen and oxygen atoms in total. The summed E-state index contributed by atoms with van der Waals surface area (Å²) in [5.41, 5.74) is 2.78. The van der Waals surface area contributed by atoms with Crippen LogP contribution in [0.2, 0.25) is 0 Å². The van der Waals surface area contributed by atoms with Gasteiger partial charge in [0.15, 0.2) is 0 Å². The van der Waals surface area contributed by atoms with E-state index in [2.05, 4.69) is 37.4 Å². The molecule has 94 valence electrons. The van der Waals surface area contributed by atoms with Crippen molar-refractivity contribution in [2.75, 3.05) is 13.7 Å². The first-order valence-electron chi connectivity index (χ1n) is 6.56. The average Bonchev–Trinajstić information content (AvgIpc) is 3.13. The number of hydrogen-bond acceptors (Lipinski definition) is 2. The molecule has 0 spiro atoms. The lowest BCUT2D eigenvalue weighted by atomic mass is 9.97. The molecule has 0 saturated heterocycles. The van der Waals surface area contributed by atoms with E-state index in [1.54, 1.807) is 7.11 Å². The summed E-state index contributed by atoms with van der Waals surface area (Å²) in [5.74, 6) is 1.65.